The van der Waals surface area contributed by atoms with Crippen LogP contribution in [-0.4, -0.2) is 27.4 Å². The summed E-state index contributed by atoms with van der Waals surface area (Å²) in [6.45, 7) is 5.45. The molecule has 3 N–H and O–H groups in total. The molecule has 0 radical (unpaired) electrons. The number of amides is 3. The molecule has 3 amide bonds. The lowest BCUT2D eigenvalue weighted by Gasteiger charge is -2.22. The molecule has 7 nitrogen and oxygen atoms in total. The molecular formula is C27H22Cl2F3N5O2. The van der Waals surface area contributed by atoms with Gasteiger partial charge < -0.3 is 10.6 Å². The number of carbonyl (C=O) groups is 2. The minimum atomic E-state index is -4.61. The Labute approximate surface area is 231 Å². The van der Waals surface area contributed by atoms with Crippen molar-refractivity contribution in [1.29, 1.82) is 0 Å². The largest absolute Gasteiger partial charge is 0.416 e. The Balaban J connectivity index is 1.77. The number of carbonyl (C=O) groups excluding carboxylic acids is 2. The van der Waals surface area contributed by atoms with Gasteiger partial charge in [0.25, 0.3) is 5.91 Å². The van der Waals surface area contributed by atoms with E-state index in [1.807, 2.05) is 20.8 Å². The van der Waals surface area contributed by atoms with E-state index < -0.39 is 29.2 Å². The van der Waals surface area contributed by atoms with Crippen molar-refractivity contribution in [3.63, 3.8) is 0 Å². The van der Waals surface area contributed by atoms with E-state index in [9.17, 15) is 22.8 Å². The topological polar surface area (TPSA) is 96.0 Å². The van der Waals surface area contributed by atoms with Crippen molar-refractivity contribution < 1.29 is 22.8 Å². The molecule has 0 unspecified atom stereocenters. The lowest BCUT2D eigenvalue weighted by molar-refractivity contribution is -0.137. The van der Waals surface area contributed by atoms with E-state index >= 15 is 0 Å². The van der Waals surface area contributed by atoms with Crippen molar-refractivity contribution in [1.82, 2.24) is 15.3 Å². The summed E-state index contributed by atoms with van der Waals surface area (Å²) in [6, 6.07) is 9.74. The number of alkyl halides is 3. The monoisotopic (exact) mass is 575 g/mol. The first-order chi connectivity index (χ1) is 18.2. The van der Waals surface area contributed by atoms with E-state index in [1.54, 1.807) is 24.5 Å². The second kappa shape index (κ2) is 10.7. The first kappa shape index (κ1) is 28.1. The molecule has 0 spiro atoms. The Kier molecular flexibility index (Phi) is 7.72. The molecule has 39 heavy (non-hydrogen) atoms. The number of aromatic nitrogens is 2. The van der Waals surface area contributed by atoms with Gasteiger partial charge in [-0.1, -0.05) is 29.3 Å². The second-order valence-electron chi connectivity index (χ2n) is 9.60. The smallest absolute Gasteiger partial charge is 0.333 e. The van der Waals surface area contributed by atoms with Crippen molar-refractivity contribution in [3.8, 4) is 11.1 Å². The summed E-state index contributed by atoms with van der Waals surface area (Å²) in [5, 5.41) is 8.86. The van der Waals surface area contributed by atoms with E-state index in [4.69, 9.17) is 23.2 Å². The molecule has 0 fully saturated rings. The fraction of sp³-hybridized carbons (Fsp3) is 0.185. The molecule has 4 rings (SSSR count). The van der Waals surface area contributed by atoms with E-state index in [1.165, 1.54) is 18.2 Å². The van der Waals surface area contributed by atoms with Crippen molar-refractivity contribution in [3.05, 3.63) is 82.1 Å². The number of hydrogen-bond donors (Lipinski definition) is 3. The van der Waals surface area contributed by atoms with Crippen molar-refractivity contribution in [2.24, 2.45) is 0 Å². The number of urea groups is 1. The van der Waals surface area contributed by atoms with Crippen molar-refractivity contribution in [2.45, 2.75) is 32.5 Å². The Morgan fingerprint density at radius 3 is 2.38 bits per heavy atom. The van der Waals surface area contributed by atoms with Crippen LogP contribution < -0.4 is 16.0 Å². The number of anilines is 2. The van der Waals surface area contributed by atoms with Crippen LogP contribution in [0.4, 0.5) is 29.5 Å². The molecule has 0 aliphatic carbocycles. The predicted molar refractivity (Wildman–Crippen MR) is 146 cm³/mol. The highest BCUT2D eigenvalue weighted by molar-refractivity contribution is 6.41. The molecule has 4 aromatic rings. The molecule has 12 heteroatoms. The van der Waals surface area contributed by atoms with Crippen LogP contribution in [0.5, 0.6) is 0 Å². The molecule has 0 aliphatic heterocycles. The van der Waals surface area contributed by atoms with Crippen LogP contribution in [0.15, 0.2) is 60.9 Å². The van der Waals surface area contributed by atoms with Gasteiger partial charge in [-0.15, -0.1) is 0 Å². The maximum Gasteiger partial charge on any atom is 0.416 e. The maximum atomic E-state index is 13.1. The number of benzene rings is 2. The Morgan fingerprint density at radius 2 is 1.69 bits per heavy atom. The lowest BCUT2D eigenvalue weighted by Crippen LogP contribution is -2.43. The van der Waals surface area contributed by atoms with Crippen molar-refractivity contribution >= 4 is 57.5 Å². The number of hydrogen-bond acceptors (Lipinski definition) is 4. The van der Waals surface area contributed by atoms with Crippen LogP contribution in [-0.2, 0) is 6.18 Å². The van der Waals surface area contributed by atoms with E-state index in [0.29, 0.717) is 16.5 Å². The highest BCUT2D eigenvalue weighted by Gasteiger charge is 2.31. The van der Waals surface area contributed by atoms with Crippen LogP contribution in [0.1, 0.15) is 36.7 Å². The van der Waals surface area contributed by atoms with Gasteiger partial charge in [-0.05, 0) is 63.2 Å². The number of nitrogens with one attached hydrogen (secondary N) is 3. The lowest BCUT2D eigenvalue weighted by atomic mass is 10.0. The minimum Gasteiger partial charge on any atom is -0.333 e. The first-order valence-corrected chi connectivity index (χ1v) is 12.3. The molecule has 0 aliphatic rings. The van der Waals surface area contributed by atoms with Gasteiger partial charge in [0.15, 0.2) is 0 Å². The van der Waals surface area contributed by atoms with Gasteiger partial charge in [-0.3, -0.25) is 15.1 Å². The standard InChI is InChI=1S/C27H22Cl2F3N5O2/c1-26(2,3)37-25(39)36-23-17(12-15-13-33-10-9-19(15)34-23)21-18(28)7-8-20(22(21)29)35-24(38)14-5-4-6-16(11-14)27(30,31)32/h4-13H,1-3H3,(H,35,38)(H2,34,36,37,39). The van der Waals surface area contributed by atoms with Gasteiger partial charge in [0.2, 0.25) is 0 Å². The third-order valence-corrected chi connectivity index (χ3v) is 6.10. The van der Waals surface area contributed by atoms with Crippen LogP contribution in [0.2, 0.25) is 10.0 Å². The summed E-state index contributed by atoms with van der Waals surface area (Å²) < 4.78 is 39.4. The summed E-state index contributed by atoms with van der Waals surface area (Å²) in [7, 11) is 0. The summed E-state index contributed by atoms with van der Waals surface area (Å²) in [4.78, 5) is 34.2. The number of nitrogens with zero attached hydrogens (tertiary/aromatic N) is 2. The molecule has 2 heterocycles. The van der Waals surface area contributed by atoms with Crippen LogP contribution in [0, 0.1) is 0 Å². The quantitative estimate of drug-likeness (QED) is 0.231. The summed E-state index contributed by atoms with van der Waals surface area (Å²) in [6.07, 6.45) is -1.48. The van der Waals surface area contributed by atoms with Gasteiger partial charge in [0, 0.05) is 40.0 Å². The van der Waals surface area contributed by atoms with E-state index in [-0.39, 0.29) is 32.7 Å². The van der Waals surface area contributed by atoms with Gasteiger partial charge in [0.1, 0.15) is 5.82 Å². The average Bonchev–Trinajstić information content (AvgIpc) is 2.84. The van der Waals surface area contributed by atoms with E-state index in [0.717, 1.165) is 18.2 Å². The van der Waals surface area contributed by atoms with Gasteiger partial charge in [-0.2, -0.15) is 13.2 Å². The van der Waals surface area contributed by atoms with Gasteiger partial charge in [-0.25, -0.2) is 9.78 Å². The van der Waals surface area contributed by atoms with Crippen LogP contribution in [0.25, 0.3) is 22.0 Å². The van der Waals surface area contributed by atoms with E-state index in [2.05, 4.69) is 25.9 Å². The van der Waals surface area contributed by atoms with Gasteiger partial charge in [0.05, 0.1) is 26.8 Å². The molecule has 0 saturated heterocycles. The summed E-state index contributed by atoms with van der Waals surface area (Å²) in [5.74, 6) is -0.666. The molecule has 202 valence electrons. The van der Waals surface area contributed by atoms with Gasteiger partial charge >= 0.3 is 12.2 Å². The Hall–Kier alpha value is -3.89. The maximum absolute atomic E-state index is 13.1. The fourth-order valence-corrected chi connectivity index (χ4v) is 4.33. The Morgan fingerprint density at radius 1 is 0.949 bits per heavy atom. The van der Waals surface area contributed by atoms with Crippen molar-refractivity contribution in [2.75, 3.05) is 10.6 Å². The number of pyridine rings is 2. The summed E-state index contributed by atoms with van der Waals surface area (Å²) in [5.41, 5.74) is -0.492. The zero-order valence-corrected chi connectivity index (χ0v) is 22.4. The predicted octanol–water partition coefficient (Wildman–Crippen LogP) is 7.79. The number of fused-ring (bicyclic) bond motifs is 1. The third kappa shape index (κ3) is 6.58. The summed E-state index contributed by atoms with van der Waals surface area (Å²) >= 11 is 13.2. The molecule has 2 aromatic heterocycles. The number of halogens is 5. The Bertz CT molecular complexity index is 1590. The fourth-order valence-electron chi connectivity index (χ4n) is 3.71. The molecule has 2 aromatic carbocycles. The average molecular weight is 576 g/mol. The second-order valence-corrected chi connectivity index (χ2v) is 10.4. The molecular weight excluding hydrogens is 554 g/mol. The molecule has 0 atom stereocenters. The SMILES string of the molecule is CC(C)(C)NC(=O)Nc1nc2ccncc2cc1-c1c(Cl)ccc(NC(=O)c2cccc(C(F)(F)F)c2)c1Cl. The minimum absolute atomic E-state index is 0.00727. The zero-order valence-electron chi connectivity index (χ0n) is 20.9. The highest BCUT2D eigenvalue weighted by Crippen LogP contribution is 2.43. The molecule has 0 saturated carbocycles. The van der Waals surface area contributed by atoms with Crippen LogP contribution in [0.3, 0.4) is 0 Å². The zero-order chi connectivity index (χ0) is 28.5. The molecule has 0 bridgehead atoms. The third-order valence-electron chi connectivity index (χ3n) is 5.40. The highest BCUT2D eigenvalue weighted by atomic mass is 35.5. The first-order valence-electron chi connectivity index (χ1n) is 11.5. The number of rotatable bonds is 4. The normalized spacial score (nSPS) is 11.8. The van der Waals surface area contributed by atoms with Crippen LogP contribution >= 0.6 is 23.2 Å².